The van der Waals surface area contributed by atoms with Crippen LogP contribution in [0.25, 0.3) is 0 Å². The van der Waals surface area contributed by atoms with Gasteiger partial charge in [0.2, 0.25) is 11.8 Å². The van der Waals surface area contributed by atoms with E-state index in [0.717, 1.165) is 12.3 Å². The first-order valence-electron chi connectivity index (χ1n) is 3.40. The van der Waals surface area contributed by atoms with Crippen LogP contribution in [-0.4, -0.2) is 17.3 Å². The lowest BCUT2D eigenvalue weighted by Gasteiger charge is -2.07. The molecule has 0 radical (unpaired) electrons. The minimum atomic E-state index is -4.83. The van der Waals surface area contributed by atoms with Crippen LogP contribution in [0.1, 0.15) is 10.4 Å². The van der Waals surface area contributed by atoms with E-state index in [2.05, 4.69) is 9.72 Å². The molecule has 0 aliphatic rings. The maximum Gasteiger partial charge on any atom is 0.574 e. The van der Waals surface area contributed by atoms with Gasteiger partial charge < -0.3 is 10.5 Å². The number of alkyl halides is 3. The Morgan fingerprint density at radius 3 is 2.64 bits per heavy atom. The molecular weight excluding hydrogens is 201 g/mol. The summed E-state index contributed by atoms with van der Waals surface area (Å²) in [5.41, 5.74) is 4.74. The van der Waals surface area contributed by atoms with Gasteiger partial charge in [-0.25, -0.2) is 4.98 Å². The number of pyridine rings is 1. The highest BCUT2D eigenvalue weighted by Crippen LogP contribution is 2.20. The van der Waals surface area contributed by atoms with Crippen molar-refractivity contribution in [3.8, 4) is 5.88 Å². The van der Waals surface area contributed by atoms with E-state index in [1.807, 2.05) is 0 Å². The minimum absolute atomic E-state index is 0.0979. The van der Waals surface area contributed by atoms with Crippen LogP contribution >= 0.6 is 0 Å². The molecular formula is C7H5F3N2O2. The SMILES string of the molecule is NC(=O)c1ccnc(OC(F)(F)F)c1. The van der Waals surface area contributed by atoms with Crippen molar-refractivity contribution in [2.45, 2.75) is 6.36 Å². The zero-order valence-electron chi connectivity index (χ0n) is 6.71. The van der Waals surface area contributed by atoms with Gasteiger partial charge in [0, 0.05) is 17.8 Å². The van der Waals surface area contributed by atoms with E-state index in [0.29, 0.717) is 0 Å². The molecule has 0 aliphatic carbocycles. The second-order valence-corrected chi connectivity index (χ2v) is 2.29. The van der Waals surface area contributed by atoms with E-state index in [-0.39, 0.29) is 5.56 Å². The highest BCUT2D eigenvalue weighted by Gasteiger charge is 2.31. The highest BCUT2D eigenvalue weighted by atomic mass is 19.4. The van der Waals surface area contributed by atoms with Crippen LogP contribution in [0.2, 0.25) is 0 Å². The zero-order valence-corrected chi connectivity index (χ0v) is 6.71. The molecule has 2 N–H and O–H groups in total. The lowest BCUT2D eigenvalue weighted by Crippen LogP contribution is -2.18. The largest absolute Gasteiger partial charge is 0.574 e. The summed E-state index contributed by atoms with van der Waals surface area (Å²) < 4.78 is 38.6. The Kier molecular flexibility index (Phi) is 2.59. The summed E-state index contributed by atoms with van der Waals surface area (Å²) in [6.07, 6.45) is -3.83. The van der Waals surface area contributed by atoms with E-state index in [1.165, 1.54) is 6.07 Å². The first kappa shape index (κ1) is 10.3. The monoisotopic (exact) mass is 206 g/mol. The third kappa shape index (κ3) is 2.92. The van der Waals surface area contributed by atoms with E-state index < -0.39 is 18.1 Å². The first-order chi connectivity index (χ1) is 6.38. The molecule has 1 amide bonds. The smallest absolute Gasteiger partial charge is 0.388 e. The number of aromatic nitrogens is 1. The van der Waals surface area contributed by atoms with Gasteiger partial charge in [-0.3, -0.25) is 4.79 Å². The van der Waals surface area contributed by atoms with E-state index in [1.54, 1.807) is 0 Å². The molecule has 7 heteroatoms. The van der Waals surface area contributed by atoms with Crippen molar-refractivity contribution in [2.75, 3.05) is 0 Å². The third-order valence-corrected chi connectivity index (χ3v) is 1.24. The lowest BCUT2D eigenvalue weighted by molar-refractivity contribution is -0.276. The fourth-order valence-corrected chi connectivity index (χ4v) is 0.737. The van der Waals surface area contributed by atoms with Gasteiger partial charge in [-0.2, -0.15) is 0 Å². The summed E-state index contributed by atoms with van der Waals surface area (Å²) in [7, 11) is 0. The molecule has 14 heavy (non-hydrogen) atoms. The normalized spacial score (nSPS) is 11.1. The molecule has 0 saturated carbocycles. The lowest BCUT2D eigenvalue weighted by atomic mass is 10.2. The first-order valence-corrected chi connectivity index (χ1v) is 3.40. The second-order valence-electron chi connectivity index (χ2n) is 2.29. The number of halogens is 3. The van der Waals surface area contributed by atoms with Gasteiger partial charge in [-0.1, -0.05) is 0 Å². The van der Waals surface area contributed by atoms with E-state index in [9.17, 15) is 18.0 Å². The predicted molar refractivity (Wildman–Crippen MR) is 39.4 cm³/mol. The number of primary amides is 1. The van der Waals surface area contributed by atoms with Gasteiger partial charge >= 0.3 is 6.36 Å². The fourth-order valence-electron chi connectivity index (χ4n) is 0.737. The van der Waals surface area contributed by atoms with Crippen molar-refractivity contribution in [3.63, 3.8) is 0 Å². The summed E-state index contributed by atoms with van der Waals surface area (Å²) in [4.78, 5) is 13.8. The van der Waals surface area contributed by atoms with Crippen molar-refractivity contribution in [3.05, 3.63) is 23.9 Å². The number of carbonyl (C=O) groups is 1. The highest BCUT2D eigenvalue weighted by molar-refractivity contribution is 5.92. The van der Waals surface area contributed by atoms with Crippen LogP contribution in [0.5, 0.6) is 5.88 Å². The van der Waals surface area contributed by atoms with Gasteiger partial charge in [-0.15, -0.1) is 13.2 Å². The maximum atomic E-state index is 11.7. The van der Waals surface area contributed by atoms with E-state index in [4.69, 9.17) is 5.73 Å². The Labute approximate surface area is 76.5 Å². The average Bonchev–Trinajstić information content (AvgIpc) is 2.01. The van der Waals surface area contributed by atoms with Gasteiger partial charge in [0.05, 0.1) is 0 Å². The molecule has 0 spiro atoms. The molecule has 4 nitrogen and oxygen atoms in total. The molecule has 1 aromatic heterocycles. The molecule has 0 fully saturated rings. The Morgan fingerprint density at radius 2 is 2.14 bits per heavy atom. The number of rotatable bonds is 2. The number of nitrogens with two attached hydrogens (primary N) is 1. The van der Waals surface area contributed by atoms with Crippen LogP contribution < -0.4 is 10.5 Å². The molecule has 0 atom stereocenters. The predicted octanol–water partition coefficient (Wildman–Crippen LogP) is 1.08. The van der Waals surface area contributed by atoms with Crippen molar-refractivity contribution in [1.82, 2.24) is 4.98 Å². The minimum Gasteiger partial charge on any atom is -0.388 e. The molecule has 0 bridgehead atoms. The molecule has 1 heterocycles. The van der Waals surface area contributed by atoms with Gasteiger partial charge in [0.25, 0.3) is 0 Å². The van der Waals surface area contributed by atoms with Gasteiger partial charge in [0.15, 0.2) is 0 Å². The molecule has 1 aromatic rings. The molecule has 76 valence electrons. The van der Waals surface area contributed by atoms with Crippen LogP contribution in [-0.2, 0) is 0 Å². The molecule has 0 aliphatic heterocycles. The quantitative estimate of drug-likeness (QED) is 0.787. The van der Waals surface area contributed by atoms with Crippen molar-refractivity contribution in [1.29, 1.82) is 0 Å². The average molecular weight is 206 g/mol. The van der Waals surface area contributed by atoms with Crippen molar-refractivity contribution < 1.29 is 22.7 Å². The molecule has 0 saturated heterocycles. The Bertz CT molecular complexity index is 351. The molecule has 0 aromatic carbocycles. The number of hydrogen-bond acceptors (Lipinski definition) is 3. The summed E-state index contributed by atoms with van der Waals surface area (Å²) in [5, 5.41) is 0. The van der Waals surface area contributed by atoms with Gasteiger partial charge in [0.1, 0.15) is 0 Å². The third-order valence-electron chi connectivity index (χ3n) is 1.24. The van der Waals surface area contributed by atoms with Crippen LogP contribution in [0.15, 0.2) is 18.3 Å². The number of carbonyl (C=O) groups excluding carboxylic acids is 1. The summed E-state index contributed by atoms with van der Waals surface area (Å²) >= 11 is 0. The Morgan fingerprint density at radius 1 is 1.50 bits per heavy atom. The van der Waals surface area contributed by atoms with Crippen LogP contribution in [0, 0.1) is 0 Å². The van der Waals surface area contributed by atoms with Crippen LogP contribution in [0.3, 0.4) is 0 Å². The molecule has 0 unspecified atom stereocenters. The standard InChI is InChI=1S/C7H5F3N2O2/c8-7(9,10)14-5-3-4(6(11)13)1-2-12-5/h1-3H,(H2,11,13). The summed E-state index contributed by atoms with van der Waals surface area (Å²) in [6.45, 7) is 0. The Hall–Kier alpha value is -1.79. The van der Waals surface area contributed by atoms with Crippen LogP contribution in [0.4, 0.5) is 13.2 Å². The van der Waals surface area contributed by atoms with Crippen molar-refractivity contribution >= 4 is 5.91 Å². The zero-order chi connectivity index (χ0) is 10.8. The van der Waals surface area contributed by atoms with Crippen molar-refractivity contribution in [2.24, 2.45) is 5.73 Å². The fraction of sp³-hybridized carbons (Fsp3) is 0.143. The summed E-state index contributed by atoms with van der Waals surface area (Å²) in [5.74, 6) is -1.56. The number of nitrogens with zero attached hydrogens (tertiary/aromatic N) is 1. The maximum absolute atomic E-state index is 11.7. The van der Waals surface area contributed by atoms with E-state index >= 15 is 0 Å². The topological polar surface area (TPSA) is 65.2 Å². The number of ether oxygens (including phenoxy) is 1. The summed E-state index contributed by atoms with van der Waals surface area (Å²) in [6, 6.07) is 2.00. The number of hydrogen-bond donors (Lipinski definition) is 1. The second kappa shape index (κ2) is 3.52. The number of amides is 1. The Balaban J connectivity index is 2.89. The molecule has 1 rings (SSSR count). The van der Waals surface area contributed by atoms with Gasteiger partial charge in [-0.05, 0) is 6.07 Å².